The van der Waals surface area contributed by atoms with Crippen LogP contribution in [0.3, 0.4) is 0 Å². The number of esters is 1. The van der Waals surface area contributed by atoms with Crippen LogP contribution in [0.2, 0.25) is 0 Å². The molecule has 3 rings (SSSR count). The lowest BCUT2D eigenvalue weighted by Crippen LogP contribution is -2.45. The average Bonchev–Trinajstić information content (AvgIpc) is 2.75. The largest absolute Gasteiger partial charge is 0.489 e. The minimum atomic E-state index is -1.12. The Balaban J connectivity index is 1.69. The lowest BCUT2D eigenvalue weighted by molar-refractivity contribution is -0.160. The fourth-order valence-electron chi connectivity index (χ4n) is 3.02. The molecule has 0 N–H and O–H groups in total. The van der Waals surface area contributed by atoms with Crippen molar-refractivity contribution in [3.05, 3.63) is 96.1 Å². The van der Waals surface area contributed by atoms with Crippen molar-refractivity contribution in [1.82, 2.24) is 0 Å². The molecular formula is C25H26O4. The molecule has 0 unspecified atom stereocenters. The Morgan fingerprint density at radius 3 is 1.93 bits per heavy atom. The fraction of sp³-hybridized carbons (Fsp3) is 0.240. The van der Waals surface area contributed by atoms with Gasteiger partial charge in [-0.05, 0) is 49.2 Å². The summed E-state index contributed by atoms with van der Waals surface area (Å²) < 4.78 is 17.2. The zero-order valence-corrected chi connectivity index (χ0v) is 16.8. The Hall–Kier alpha value is -3.27. The van der Waals surface area contributed by atoms with Crippen molar-refractivity contribution in [1.29, 1.82) is 0 Å². The molecule has 3 aromatic rings. The van der Waals surface area contributed by atoms with E-state index in [1.807, 2.05) is 84.9 Å². The SMILES string of the molecule is CCOC(=O)[C@](C)(Cc1ccccc1)Oc1ccc(OCc2ccccc2)cc1. The highest BCUT2D eigenvalue weighted by Gasteiger charge is 2.37. The summed E-state index contributed by atoms with van der Waals surface area (Å²) in [6.07, 6.45) is 0.416. The molecule has 0 amide bonds. The molecule has 1 atom stereocenters. The number of ether oxygens (including phenoxy) is 3. The maximum Gasteiger partial charge on any atom is 0.350 e. The van der Waals surface area contributed by atoms with Crippen molar-refractivity contribution >= 4 is 5.97 Å². The summed E-state index contributed by atoms with van der Waals surface area (Å²) in [6, 6.07) is 27.1. The van der Waals surface area contributed by atoms with Crippen LogP contribution in [0, 0.1) is 0 Å². The molecule has 0 aliphatic carbocycles. The lowest BCUT2D eigenvalue weighted by Gasteiger charge is -2.28. The first-order valence-electron chi connectivity index (χ1n) is 9.76. The maximum atomic E-state index is 12.6. The maximum absolute atomic E-state index is 12.6. The number of carbonyl (C=O) groups excluding carboxylic acids is 1. The van der Waals surface area contributed by atoms with E-state index in [0.717, 1.165) is 16.9 Å². The Labute approximate surface area is 172 Å². The van der Waals surface area contributed by atoms with Gasteiger partial charge in [-0.2, -0.15) is 0 Å². The zero-order valence-electron chi connectivity index (χ0n) is 16.8. The first kappa shape index (κ1) is 20.5. The summed E-state index contributed by atoms with van der Waals surface area (Å²) in [5.74, 6) is 0.943. The van der Waals surface area contributed by atoms with E-state index in [1.54, 1.807) is 13.8 Å². The second kappa shape index (κ2) is 9.78. The van der Waals surface area contributed by atoms with Crippen molar-refractivity contribution in [3.63, 3.8) is 0 Å². The average molecular weight is 390 g/mol. The van der Waals surface area contributed by atoms with Crippen LogP contribution in [0.5, 0.6) is 11.5 Å². The third kappa shape index (κ3) is 5.85. The molecule has 0 saturated heterocycles. The number of hydrogen-bond acceptors (Lipinski definition) is 4. The van der Waals surface area contributed by atoms with Gasteiger partial charge in [-0.15, -0.1) is 0 Å². The normalized spacial score (nSPS) is 12.6. The summed E-state index contributed by atoms with van der Waals surface area (Å²) in [5, 5.41) is 0. The molecule has 0 fully saturated rings. The fourth-order valence-corrected chi connectivity index (χ4v) is 3.02. The molecule has 150 valence electrons. The van der Waals surface area contributed by atoms with Crippen LogP contribution in [-0.4, -0.2) is 18.2 Å². The molecule has 0 bridgehead atoms. The van der Waals surface area contributed by atoms with Gasteiger partial charge in [0.25, 0.3) is 0 Å². The Morgan fingerprint density at radius 1 is 0.793 bits per heavy atom. The van der Waals surface area contributed by atoms with E-state index in [0.29, 0.717) is 25.4 Å². The van der Waals surface area contributed by atoms with Crippen LogP contribution >= 0.6 is 0 Å². The van der Waals surface area contributed by atoms with Crippen LogP contribution < -0.4 is 9.47 Å². The van der Waals surface area contributed by atoms with Crippen molar-refractivity contribution in [2.24, 2.45) is 0 Å². The highest BCUT2D eigenvalue weighted by molar-refractivity contribution is 5.80. The van der Waals surface area contributed by atoms with Gasteiger partial charge in [-0.1, -0.05) is 60.7 Å². The molecule has 4 nitrogen and oxygen atoms in total. The van der Waals surface area contributed by atoms with E-state index in [2.05, 4.69) is 0 Å². The summed E-state index contributed by atoms with van der Waals surface area (Å²) >= 11 is 0. The number of rotatable bonds is 9. The molecule has 3 aromatic carbocycles. The lowest BCUT2D eigenvalue weighted by atomic mass is 9.96. The molecule has 29 heavy (non-hydrogen) atoms. The third-order valence-corrected chi connectivity index (χ3v) is 4.51. The topological polar surface area (TPSA) is 44.8 Å². The molecule has 0 aliphatic heterocycles. The summed E-state index contributed by atoms with van der Waals surface area (Å²) in [4.78, 5) is 12.6. The Morgan fingerprint density at radius 2 is 1.34 bits per heavy atom. The quantitative estimate of drug-likeness (QED) is 0.471. The van der Waals surface area contributed by atoms with Gasteiger partial charge in [0.05, 0.1) is 6.61 Å². The molecular weight excluding hydrogens is 364 g/mol. The molecule has 0 aromatic heterocycles. The molecule has 0 saturated carbocycles. The number of benzene rings is 3. The summed E-state index contributed by atoms with van der Waals surface area (Å²) in [6.45, 7) is 4.35. The van der Waals surface area contributed by atoms with Crippen molar-refractivity contribution in [2.45, 2.75) is 32.5 Å². The molecule has 0 spiro atoms. The molecule has 0 radical (unpaired) electrons. The van der Waals surface area contributed by atoms with Crippen molar-refractivity contribution in [3.8, 4) is 11.5 Å². The minimum Gasteiger partial charge on any atom is -0.489 e. The van der Waals surface area contributed by atoms with E-state index in [-0.39, 0.29) is 5.97 Å². The highest BCUT2D eigenvalue weighted by atomic mass is 16.6. The van der Waals surface area contributed by atoms with Crippen LogP contribution in [0.4, 0.5) is 0 Å². The van der Waals surface area contributed by atoms with E-state index in [4.69, 9.17) is 14.2 Å². The zero-order chi connectivity index (χ0) is 20.5. The third-order valence-electron chi connectivity index (χ3n) is 4.51. The number of carbonyl (C=O) groups is 1. The smallest absolute Gasteiger partial charge is 0.350 e. The molecule has 0 aliphatic rings. The van der Waals surface area contributed by atoms with Gasteiger partial charge < -0.3 is 14.2 Å². The predicted molar refractivity (Wildman–Crippen MR) is 113 cm³/mol. The summed E-state index contributed by atoms with van der Waals surface area (Å²) in [5.41, 5.74) is 0.987. The standard InChI is InChI=1S/C25H26O4/c1-3-27-24(26)25(2,18-20-10-6-4-7-11-20)29-23-16-14-22(15-17-23)28-19-21-12-8-5-9-13-21/h4-17H,3,18-19H2,1-2H3/t25-/m0/s1. The highest BCUT2D eigenvalue weighted by Crippen LogP contribution is 2.26. The van der Waals surface area contributed by atoms with Crippen molar-refractivity contribution in [2.75, 3.05) is 6.61 Å². The van der Waals surface area contributed by atoms with E-state index < -0.39 is 5.60 Å². The van der Waals surface area contributed by atoms with Gasteiger partial charge in [0.2, 0.25) is 5.60 Å². The van der Waals surface area contributed by atoms with Gasteiger partial charge in [0.1, 0.15) is 18.1 Å². The second-order valence-electron chi connectivity index (χ2n) is 6.96. The first-order valence-corrected chi connectivity index (χ1v) is 9.76. The van der Waals surface area contributed by atoms with Gasteiger partial charge in [0, 0.05) is 6.42 Å². The van der Waals surface area contributed by atoms with Crippen LogP contribution in [-0.2, 0) is 22.6 Å². The Bertz CT molecular complexity index is 891. The van der Waals surface area contributed by atoms with Gasteiger partial charge in [-0.25, -0.2) is 4.79 Å². The Kier molecular flexibility index (Phi) is 6.90. The van der Waals surface area contributed by atoms with Crippen LogP contribution in [0.1, 0.15) is 25.0 Å². The molecule has 0 heterocycles. The van der Waals surface area contributed by atoms with E-state index in [1.165, 1.54) is 0 Å². The minimum absolute atomic E-state index is 0.304. The van der Waals surface area contributed by atoms with Crippen molar-refractivity contribution < 1.29 is 19.0 Å². The van der Waals surface area contributed by atoms with Gasteiger partial charge in [-0.3, -0.25) is 0 Å². The first-order chi connectivity index (χ1) is 14.1. The predicted octanol–water partition coefficient (Wildman–Crippen LogP) is 5.21. The number of hydrogen-bond donors (Lipinski definition) is 0. The van der Waals surface area contributed by atoms with Gasteiger partial charge in [0.15, 0.2) is 0 Å². The molecule has 4 heteroatoms. The van der Waals surface area contributed by atoms with E-state index in [9.17, 15) is 4.79 Å². The van der Waals surface area contributed by atoms with Crippen LogP contribution in [0.15, 0.2) is 84.9 Å². The van der Waals surface area contributed by atoms with Gasteiger partial charge >= 0.3 is 5.97 Å². The summed E-state index contributed by atoms with van der Waals surface area (Å²) in [7, 11) is 0. The van der Waals surface area contributed by atoms with Crippen LogP contribution in [0.25, 0.3) is 0 Å². The second-order valence-corrected chi connectivity index (χ2v) is 6.96. The van der Waals surface area contributed by atoms with E-state index >= 15 is 0 Å². The monoisotopic (exact) mass is 390 g/mol.